The summed E-state index contributed by atoms with van der Waals surface area (Å²) in [5.74, 6) is 2.56. The minimum Gasteiger partial charge on any atom is -0.317 e. The molecular formula is C12H27ClN2S. The number of hydrogen-bond donors (Lipinski definition) is 1. The lowest BCUT2D eigenvalue weighted by Gasteiger charge is -2.34. The van der Waals surface area contributed by atoms with Gasteiger partial charge in [0.15, 0.2) is 0 Å². The molecule has 0 unspecified atom stereocenters. The molecule has 0 aromatic rings. The Bertz CT molecular complexity index is 152. The number of piperidine rings is 1. The molecule has 0 bridgehead atoms. The molecule has 1 saturated heterocycles. The van der Waals surface area contributed by atoms with Crippen molar-refractivity contribution in [3.05, 3.63) is 0 Å². The van der Waals surface area contributed by atoms with Gasteiger partial charge in [0.2, 0.25) is 0 Å². The van der Waals surface area contributed by atoms with Gasteiger partial charge in [0, 0.05) is 18.3 Å². The summed E-state index contributed by atoms with van der Waals surface area (Å²) >= 11 is 2.07. The second kappa shape index (κ2) is 10.7. The van der Waals surface area contributed by atoms with Crippen LogP contribution >= 0.6 is 24.2 Å². The van der Waals surface area contributed by atoms with Crippen LogP contribution < -0.4 is 5.32 Å². The maximum Gasteiger partial charge on any atom is 0.0120 e. The molecule has 1 N–H and O–H groups in total. The molecule has 0 aliphatic carbocycles. The van der Waals surface area contributed by atoms with Crippen molar-refractivity contribution >= 4 is 24.2 Å². The quantitative estimate of drug-likeness (QED) is 0.714. The van der Waals surface area contributed by atoms with Crippen LogP contribution in [0.25, 0.3) is 0 Å². The topological polar surface area (TPSA) is 15.3 Å². The molecule has 98 valence electrons. The van der Waals surface area contributed by atoms with Crippen molar-refractivity contribution < 1.29 is 0 Å². The molecule has 16 heavy (non-hydrogen) atoms. The van der Waals surface area contributed by atoms with Crippen molar-refractivity contribution in [2.75, 3.05) is 37.7 Å². The fourth-order valence-corrected chi connectivity index (χ4v) is 2.91. The first-order chi connectivity index (χ1) is 7.38. The van der Waals surface area contributed by atoms with Gasteiger partial charge >= 0.3 is 0 Å². The number of hydrogen-bond acceptors (Lipinski definition) is 3. The summed E-state index contributed by atoms with van der Waals surface area (Å²) in [6, 6.07) is 0.851. The summed E-state index contributed by atoms with van der Waals surface area (Å²) in [5, 5.41) is 3.45. The van der Waals surface area contributed by atoms with E-state index in [4.69, 9.17) is 0 Å². The van der Waals surface area contributed by atoms with Gasteiger partial charge in [0.25, 0.3) is 0 Å². The van der Waals surface area contributed by atoms with Crippen LogP contribution in [0, 0.1) is 0 Å². The van der Waals surface area contributed by atoms with E-state index in [2.05, 4.69) is 35.8 Å². The standard InChI is InChI=1S/C12H26N2S.ClH/c1-3-9-14(10-11-15-4-2)12-5-7-13-8-6-12;/h12-13H,3-11H2,1-2H3;1H. The van der Waals surface area contributed by atoms with Crippen LogP contribution in [0.3, 0.4) is 0 Å². The number of nitrogens with one attached hydrogen (secondary N) is 1. The van der Waals surface area contributed by atoms with E-state index >= 15 is 0 Å². The van der Waals surface area contributed by atoms with Gasteiger partial charge in [-0.3, -0.25) is 4.90 Å². The molecule has 2 nitrogen and oxygen atoms in total. The molecule has 1 heterocycles. The monoisotopic (exact) mass is 266 g/mol. The average Bonchev–Trinajstić information content (AvgIpc) is 2.29. The Morgan fingerprint density at radius 2 is 1.88 bits per heavy atom. The largest absolute Gasteiger partial charge is 0.317 e. The fraction of sp³-hybridized carbons (Fsp3) is 1.00. The molecule has 0 saturated carbocycles. The molecule has 0 radical (unpaired) electrons. The van der Waals surface area contributed by atoms with E-state index in [0.717, 1.165) is 6.04 Å². The molecule has 0 aromatic carbocycles. The van der Waals surface area contributed by atoms with E-state index in [1.54, 1.807) is 0 Å². The maximum atomic E-state index is 3.45. The van der Waals surface area contributed by atoms with E-state index in [0.29, 0.717) is 0 Å². The third kappa shape index (κ3) is 6.33. The van der Waals surface area contributed by atoms with Crippen LogP contribution in [0.1, 0.15) is 33.1 Å². The Labute approximate surface area is 111 Å². The minimum atomic E-state index is 0. The lowest BCUT2D eigenvalue weighted by molar-refractivity contribution is 0.172. The zero-order valence-electron chi connectivity index (χ0n) is 10.7. The third-order valence-corrected chi connectivity index (χ3v) is 3.94. The first kappa shape index (κ1) is 16.6. The summed E-state index contributed by atoms with van der Waals surface area (Å²) < 4.78 is 0. The Morgan fingerprint density at radius 3 is 2.44 bits per heavy atom. The number of thioether (sulfide) groups is 1. The normalized spacial score (nSPS) is 17.4. The van der Waals surface area contributed by atoms with Crippen LogP contribution in [0.15, 0.2) is 0 Å². The molecule has 0 aromatic heterocycles. The summed E-state index contributed by atoms with van der Waals surface area (Å²) in [7, 11) is 0. The Morgan fingerprint density at radius 1 is 1.19 bits per heavy atom. The molecular weight excluding hydrogens is 240 g/mol. The van der Waals surface area contributed by atoms with E-state index in [1.807, 2.05) is 0 Å². The highest BCUT2D eigenvalue weighted by atomic mass is 35.5. The Kier molecular flexibility index (Phi) is 11.1. The molecule has 0 spiro atoms. The molecule has 1 aliphatic rings. The van der Waals surface area contributed by atoms with Crippen LogP contribution in [0.4, 0.5) is 0 Å². The molecule has 1 fully saturated rings. The van der Waals surface area contributed by atoms with Crippen molar-refractivity contribution in [2.45, 2.75) is 39.2 Å². The predicted octanol–water partition coefficient (Wildman–Crippen LogP) is 2.63. The van der Waals surface area contributed by atoms with Gasteiger partial charge in [0.05, 0.1) is 0 Å². The molecule has 1 aliphatic heterocycles. The smallest absolute Gasteiger partial charge is 0.0120 e. The molecule has 1 rings (SSSR count). The molecule has 4 heteroatoms. The Hall–Kier alpha value is 0.560. The van der Waals surface area contributed by atoms with Crippen molar-refractivity contribution in [1.82, 2.24) is 10.2 Å². The van der Waals surface area contributed by atoms with E-state index in [9.17, 15) is 0 Å². The van der Waals surface area contributed by atoms with Crippen LogP contribution in [0.2, 0.25) is 0 Å². The highest BCUT2D eigenvalue weighted by Crippen LogP contribution is 2.13. The van der Waals surface area contributed by atoms with E-state index in [1.165, 1.54) is 56.9 Å². The van der Waals surface area contributed by atoms with Gasteiger partial charge in [0.1, 0.15) is 0 Å². The highest BCUT2D eigenvalue weighted by molar-refractivity contribution is 7.99. The van der Waals surface area contributed by atoms with Gasteiger partial charge in [-0.15, -0.1) is 12.4 Å². The maximum absolute atomic E-state index is 3.45. The van der Waals surface area contributed by atoms with Crippen LogP contribution in [-0.4, -0.2) is 48.6 Å². The lowest BCUT2D eigenvalue weighted by atomic mass is 10.0. The SMILES string of the molecule is CCCN(CCSCC)C1CCNCC1.Cl. The number of halogens is 1. The zero-order chi connectivity index (χ0) is 10.9. The number of rotatable bonds is 7. The first-order valence-corrected chi connectivity index (χ1v) is 7.56. The minimum absolute atomic E-state index is 0. The summed E-state index contributed by atoms with van der Waals surface area (Å²) in [6.45, 7) is 9.55. The fourth-order valence-electron chi connectivity index (χ4n) is 2.26. The predicted molar refractivity (Wildman–Crippen MR) is 78.0 cm³/mol. The zero-order valence-corrected chi connectivity index (χ0v) is 12.3. The van der Waals surface area contributed by atoms with Crippen LogP contribution in [0.5, 0.6) is 0 Å². The van der Waals surface area contributed by atoms with E-state index in [-0.39, 0.29) is 12.4 Å². The summed E-state index contributed by atoms with van der Waals surface area (Å²) in [5.41, 5.74) is 0. The van der Waals surface area contributed by atoms with Gasteiger partial charge < -0.3 is 5.32 Å². The average molecular weight is 267 g/mol. The van der Waals surface area contributed by atoms with Crippen molar-refractivity contribution in [3.63, 3.8) is 0 Å². The molecule has 0 amide bonds. The van der Waals surface area contributed by atoms with Crippen LogP contribution in [-0.2, 0) is 0 Å². The summed E-state index contributed by atoms with van der Waals surface area (Å²) in [4.78, 5) is 2.71. The lowest BCUT2D eigenvalue weighted by Crippen LogP contribution is -2.44. The highest BCUT2D eigenvalue weighted by Gasteiger charge is 2.19. The second-order valence-corrected chi connectivity index (χ2v) is 5.61. The van der Waals surface area contributed by atoms with Crippen molar-refractivity contribution in [1.29, 1.82) is 0 Å². The van der Waals surface area contributed by atoms with Gasteiger partial charge in [-0.05, 0) is 44.6 Å². The molecule has 0 atom stereocenters. The third-order valence-electron chi connectivity index (χ3n) is 3.06. The first-order valence-electron chi connectivity index (χ1n) is 6.41. The van der Waals surface area contributed by atoms with Gasteiger partial charge in [-0.2, -0.15) is 11.8 Å². The Balaban J connectivity index is 0.00000225. The van der Waals surface area contributed by atoms with E-state index < -0.39 is 0 Å². The van der Waals surface area contributed by atoms with Gasteiger partial charge in [-0.25, -0.2) is 0 Å². The number of nitrogens with zero attached hydrogens (tertiary/aromatic N) is 1. The van der Waals surface area contributed by atoms with Gasteiger partial charge in [-0.1, -0.05) is 13.8 Å². The second-order valence-electron chi connectivity index (χ2n) is 4.21. The van der Waals surface area contributed by atoms with Crippen molar-refractivity contribution in [3.8, 4) is 0 Å². The summed E-state index contributed by atoms with van der Waals surface area (Å²) in [6.07, 6.45) is 3.98. The van der Waals surface area contributed by atoms with Crippen molar-refractivity contribution in [2.24, 2.45) is 0 Å².